The van der Waals surface area contributed by atoms with Crippen LogP contribution in [0.3, 0.4) is 0 Å². The molecule has 1 heterocycles. The predicted molar refractivity (Wildman–Crippen MR) is 181 cm³/mol. The third-order valence-electron chi connectivity index (χ3n) is 8.77. The van der Waals surface area contributed by atoms with Gasteiger partial charge in [-0.1, -0.05) is 180 Å². The van der Waals surface area contributed by atoms with Crippen LogP contribution in [0.2, 0.25) is 0 Å². The number of hydrogen-bond acceptors (Lipinski definition) is 4. The Labute approximate surface area is 262 Å². The molecule has 42 heavy (non-hydrogen) atoms. The number of nitrogens with zero attached hydrogens (tertiary/aromatic N) is 1. The minimum atomic E-state index is -1.49. The number of unbranched alkanes of at least 4 members (excludes halogenated alkanes) is 27. The Hall–Kier alpha value is -1.01. The van der Waals surface area contributed by atoms with Crippen LogP contribution >= 0.6 is 0 Å². The molecule has 0 aliphatic heterocycles. The van der Waals surface area contributed by atoms with E-state index in [1.807, 2.05) is 0 Å². The molecule has 1 atom stereocenters. The first-order valence-electron chi connectivity index (χ1n) is 18.2. The van der Waals surface area contributed by atoms with Crippen molar-refractivity contribution in [1.82, 2.24) is 4.57 Å². The van der Waals surface area contributed by atoms with Crippen LogP contribution in [0.15, 0.2) is 11.0 Å². The third kappa shape index (κ3) is 20.8. The number of aliphatic hydroxyl groups excluding tert-OH is 1. The Bertz CT molecular complexity index is 751. The van der Waals surface area contributed by atoms with Gasteiger partial charge in [0, 0.05) is 12.6 Å². The van der Waals surface area contributed by atoms with Gasteiger partial charge in [0.25, 0.3) is 0 Å². The molecule has 0 aliphatic rings. The van der Waals surface area contributed by atoms with Crippen molar-refractivity contribution in [2.45, 2.75) is 198 Å². The zero-order valence-electron chi connectivity index (χ0n) is 27.6. The minimum absolute atomic E-state index is 0.0567. The molecule has 5 nitrogen and oxygen atoms in total. The molecule has 0 spiro atoms. The lowest BCUT2D eigenvalue weighted by molar-refractivity contribution is 0.321. The van der Waals surface area contributed by atoms with Crippen molar-refractivity contribution in [3.05, 3.63) is 6.07 Å². The maximum atomic E-state index is 12.0. The van der Waals surface area contributed by atoms with Crippen LogP contribution in [0.1, 0.15) is 187 Å². The lowest BCUT2D eigenvalue weighted by Crippen LogP contribution is -2.02. The molecule has 0 bridgehead atoms. The van der Waals surface area contributed by atoms with Gasteiger partial charge in [0.15, 0.2) is 5.88 Å². The summed E-state index contributed by atoms with van der Waals surface area (Å²) in [5, 5.41) is 29.2. The summed E-state index contributed by atoms with van der Waals surface area (Å²) in [6.07, 6.45) is 38.5. The van der Waals surface area contributed by atoms with E-state index in [9.17, 15) is 14.4 Å². The lowest BCUT2D eigenvalue weighted by atomic mass is 10.0. The van der Waals surface area contributed by atoms with Crippen LogP contribution in [0.4, 0.5) is 0 Å². The molecule has 6 heteroatoms. The fraction of sp³-hybridized carbons (Fsp3) is 0.889. The molecule has 0 saturated carbocycles. The molecule has 0 aromatic carbocycles. The topological polar surface area (TPSA) is 82.7 Å². The first-order chi connectivity index (χ1) is 20.6. The van der Waals surface area contributed by atoms with Crippen molar-refractivity contribution in [2.24, 2.45) is 0 Å². The van der Waals surface area contributed by atoms with Crippen molar-refractivity contribution in [3.8, 4) is 11.8 Å². The van der Waals surface area contributed by atoms with Gasteiger partial charge in [0.2, 0.25) is 5.88 Å². The second-order valence-electron chi connectivity index (χ2n) is 12.7. The van der Waals surface area contributed by atoms with Gasteiger partial charge in [-0.3, -0.25) is 8.78 Å². The second-order valence-corrected chi connectivity index (χ2v) is 14.2. The van der Waals surface area contributed by atoms with Crippen LogP contribution < -0.4 is 0 Å². The van der Waals surface area contributed by atoms with Gasteiger partial charge in [0.1, 0.15) is 4.90 Å². The van der Waals surface area contributed by atoms with Gasteiger partial charge in [-0.2, -0.15) is 0 Å². The molecular formula is C36H69NO4S. The fourth-order valence-corrected chi connectivity index (χ4v) is 6.96. The van der Waals surface area contributed by atoms with Crippen LogP contribution in [0.25, 0.3) is 0 Å². The van der Waals surface area contributed by atoms with Gasteiger partial charge >= 0.3 is 0 Å². The van der Waals surface area contributed by atoms with Gasteiger partial charge in [-0.05, 0) is 6.42 Å². The molecule has 0 saturated heterocycles. The molecule has 0 radical (unpaired) electrons. The molecule has 3 N–H and O–H groups in total. The Kier molecular flexibility index (Phi) is 26.7. The highest BCUT2D eigenvalue weighted by atomic mass is 32.2. The second kappa shape index (κ2) is 28.7. The largest absolute Gasteiger partial charge is 0.494 e. The molecular weight excluding hydrogens is 542 g/mol. The van der Waals surface area contributed by atoms with E-state index in [0.717, 1.165) is 12.8 Å². The SMILES string of the molecule is CCCCCCCCCCCCCCCCCCCCCCCCCCCCCCn1c(O)cc(S(=O)CCO)c1O. The summed E-state index contributed by atoms with van der Waals surface area (Å²) in [5.41, 5.74) is 0. The zero-order valence-corrected chi connectivity index (χ0v) is 28.4. The summed E-state index contributed by atoms with van der Waals surface area (Å²) in [4.78, 5) is 0.210. The van der Waals surface area contributed by atoms with E-state index in [-0.39, 0.29) is 29.0 Å². The summed E-state index contributed by atoms with van der Waals surface area (Å²) in [6.45, 7) is 2.60. The summed E-state index contributed by atoms with van der Waals surface area (Å²) in [6, 6.07) is 1.35. The van der Waals surface area contributed by atoms with E-state index < -0.39 is 10.8 Å². The van der Waals surface area contributed by atoms with Crippen LogP contribution in [0, 0.1) is 0 Å². The normalized spacial score (nSPS) is 12.3. The van der Waals surface area contributed by atoms with Crippen LogP contribution in [-0.2, 0) is 17.3 Å². The van der Waals surface area contributed by atoms with Crippen molar-refractivity contribution in [2.75, 3.05) is 12.4 Å². The summed E-state index contributed by atoms with van der Waals surface area (Å²) in [7, 11) is -1.49. The highest BCUT2D eigenvalue weighted by Gasteiger charge is 2.18. The fourth-order valence-electron chi connectivity index (χ4n) is 6.02. The van der Waals surface area contributed by atoms with Crippen LogP contribution in [-0.4, -0.2) is 36.5 Å². The minimum Gasteiger partial charge on any atom is -0.494 e. The maximum Gasteiger partial charge on any atom is 0.210 e. The van der Waals surface area contributed by atoms with E-state index in [1.165, 1.54) is 178 Å². The highest BCUT2D eigenvalue weighted by molar-refractivity contribution is 7.85. The highest BCUT2D eigenvalue weighted by Crippen LogP contribution is 2.31. The lowest BCUT2D eigenvalue weighted by Gasteiger charge is -2.07. The van der Waals surface area contributed by atoms with Crippen LogP contribution in [0.5, 0.6) is 11.8 Å². The molecule has 1 unspecified atom stereocenters. The van der Waals surface area contributed by atoms with Gasteiger partial charge in [-0.25, -0.2) is 0 Å². The first kappa shape index (κ1) is 39.0. The Morgan fingerprint density at radius 2 is 0.857 bits per heavy atom. The Morgan fingerprint density at radius 3 is 1.17 bits per heavy atom. The third-order valence-corrected chi connectivity index (χ3v) is 10.1. The molecule has 0 aliphatic carbocycles. The monoisotopic (exact) mass is 611 g/mol. The van der Waals surface area contributed by atoms with E-state index in [4.69, 9.17) is 5.11 Å². The quantitative estimate of drug-likeness (QED) is 0.0708. The smallest absolute Gasteiger partial charge is 0.210 e. The summed E-state index contributed by atoms with van der Waals surface area (Å²) in [5.74, 6) is -0.125. The molecule has 1 rings (SSSR count). The number of hydrogen-bond donors (Lipinski definition) is 3. The number of aromatic hydroxyl groups is 2. The Balaban J connectivity index is 1.77. The van der Waals surface area contributed by atoms with Crippen molar-refractivity contribution < 1.29 is 19.5 Å². The van der Waals surface area contributed by atoms with Gasteiger partial charge in [0.05, 0.1) is 23.2 Å². The average molecular weight is 612 g/mol. The average Bonchev–Trinajstić information content (AvgIpc) is 3.27. The molecule has 248 valence electrons. The number of rotatable bonds is 32. The van der Waals surface area contributed by atoms with E-state index in [2.05, 4.69) is 6.92 Å². The van der Waals surface area contributed by atoms with Crippen molar-refractivity contribution in [1.29, 1.82) is 0 Å². The van der Waals surface area contributed by atoms with Crippen molar-refractivity contribution in [3.63, 3.8) is 0 Å². The standard InChI is InChI=1S/C36H69NO4S/c1-2-3-4-5-6-7-8-9-10-11-12-13-14-15-16-17-18-19-20-21-22-23-24-25-26-27-28-29-30-37-35(39)33-34(36(37)40)42(41)32-31-38/h33,38-40H,2-32H2,1H3. The molecule has 0 amide bonds. The van der Waals surface area contributed by atoms with E-state index >= 15 is 0 Å². The first-order valence-corrected chi connectivity index (χ1v) is 19.5. The molecule has 1 aromatic rings. The number of aliphatic hydroxyl groups is 1. The van der Waals surface area contributed by atoms with E-state index in [1.54, 1.807) is 0 Å². The van der Waals surface area contributed by atoms with Gasteiger partial charge < -0.3 is 15.3 Å². The molecule has 1 aromatic heterocycles. The summed E-state index contributed by atoms with van der Waals surface area (Å²) < 4.78 is 13.4. The summed E-state index contributed by atoms with van der Waals surface area (Å²) >= 11 is 0. The molecule has 0 fully saturated rings. The number of aromatic nitrogens is 1. The predicted octanol–water partition coefficient (Wildman–Crippen LogP) is 10.9. The maximum absolute atomic E-state index is 12.0. The van der Waals surface area contributed by atoms with Crippen molar-refractivity contribution >= 4 is 10.8 Å². The zero-order chi connectivity index (χ0) is 30.5. The van der Waals surface area contributed by atoms with Gasteiger partial charge in [-0.15, -0.1) is 0 Å². The Morgan fingerprint density at radius 1 is 0.548 bits per heavy atom. The van der Waals surface area contributed by atoms with E-state index in [0.29, 0.717) is 6.54 Å².